The minimum Gasteiger partial charge on any atom is -0.490 e. The molecule has 0 aliphatic carbocycles. The van der Waals surface area contributed by atoms with Gasteiger partial charge in [0.1, 0.15) is 18.2 Å². The molecule has 1 unspecified atom stereocenters. The summed E-state index contributed by atoms with van der Waals surface area (Å²) in [6.45, 7) is 1.58. The van der Waals surface area contributed by atoms with Gasteiger partial charge in [-0.2, -0.15) is 0 Å². The van der Waals surface area contributed by atoms with E-state index in [0.29, 0.717) is 23.4 Å². The Labute approximate surface area is 99.7 Å². The predicted octanol–water partition coefficient (Wildman–Crippen LogP) is 3.00. The Kier molecular flexibility index (Phi) is 4.02. The number of ether oxygens (including phenoxy) is 1. The zero-order valence-electron chi connectivity index (χ0n) is 9.01. The van der Waals surface area contributed by atoms with Crippen LogP contribution >= 0.6 is 11.6 Å². The number of piperidine rings is 1. The van der Waals surface area contributed by atoms with Crippen LogP contribution in [0.4, 0.5) is 4.39 Å². The molecule has 1 aromatic rings. The molecule has 2 rings (SSSR count). The van der Waals surface area contributed by atoms with Crippen LogP contribution in [0.2, 0.25) is 5.02 Å². The van der Waals surface area contributed by atoms with Crippen LogP contribution in [0.1, 0.15) is 19.3 Å². The monoisotopic (exact) mass is 243 g/mol. The van der Waals surface area contributed by atoms with E-state index in [1.165, 1.54) is 31.0 Å². The van der Waals surface area contributed by atoms with Gasteiger partial charge in [-0.25, -0.2) is 4.39 Å². The Hall–Kier alpha value is -0.800. The molecule has 88 valence electrons. The Balaban J connectivity index is 1.90. The second-order valence-corrected chi connectivity index (χ2v) is 4.44. The van der Waals surface area contributed by atoms with Gasteiger partial charge in [0, 0.05) is 12.1 Å². The third-order valence-corrected chi connectivity index (χ3v) is 3.06. The molecular weight excluding hydrogens is 229 g/mol. The SMILES string of the molecule is Fc1ccc(Cl)c(OCC2CCCCN2)c1. The Bertz CT molecular complexity index is 353. The highest BCUT2D eigenvalue weighted by atomic mass is 35.5. The number of halogens is 2. The van der Waals surface area contributed by atoms with E-state index >= 15 is 0 Å². The van der Waals surface area contributed by atoms with Crippen LogP contribution in [0, 0.1) is 5.82 Å². The number of rotatable bonds is 3. The van der Waals surface area contributed by atoms with Crippen LogP contribution in [0.15, 0.2) is 18.2 Å². The lowest BCUT2D eigenvalue weighted by molar-refractivity contribution is 0.238. The minimum atomic E-state index is -0.323. The summed E-state index contributed by atoms with van der Waals surface area (Å²) in [6, 6.07) is 4.52. The molecule has 2 nitrogen and oxygen atoms in total. The molecule has 1 aromatic carbocycles. The highest BCUT2D eigenvalue weighted by Gasteiger charge is 2.13. The van der Waals surface area contributed by atoms with Crippen molar-refractivity contribution >= 4 is 11.6 Å². The molecule has 1 fully saturated rings. The first kappa shape index (κ1) is 11.7. The number of hydrogen-bond donors (Lipinski definition) is 1. The van der Waals surface area contributed by atoms with Crippen LogP contribution in [0.5, 0.6) is 5.75 Å². The summed E-state index contributed by atoms with van der Waals surface area (Å²) in [5.41, 5.74) is 0. The molecule has 0 saturated carbocycles. The van der Waals surface area contributed by atoms with E-state index in [0.717, 1.165) is 13.0 Å². The van der Waals surface area contributed by atoms with E-state index in [-0.39, 0.29) is 5.82 Å². The maximum Gasteiger partial charge on any atom is 0.140 e. The second-order valence-electron chi connectivity index (χ2n) is 4.03. The summed E-state index contributed by atoms with van der Waals surface area (Å²) in [6.07, 6.45) is 3.54. The van der Waals surface area contributed by atoms with Crippen molar-refractivity contribution in [3.05, 3.63) is 29.0 Å². The molecule has 1 saturated heterocycles. The van der Waals surface area contributed by atoms with Gasteiger partial charge >= 0.3 is 0 Å². The maximum atomic E-state index is 13.0. The van der Waals surface area contributed by atoms with Crippen molar-refractivity contribution < 1.29 is 9.13 Å². The largest absolute Gasteiger partial charge is 0.490 e. The van der Waals surface area contributed by atoms with Gasteiger partial charge in [-0.1, -0.05) is 18.0 Å². The normalized spacial score (nSPS) is 20.8. The first-order valence-electron chi connectivity index (χ1n) is 5.57. The fraction of sp³-hybridized carbons (Fsp3) is 0.500. The van der Waals surface area contributed by atoms with Gasteiger partial charge in [0.25, 0.3) is 0 Å². The lowest BCUT2D eigenvalue weighted by Crippen LogP contribution is -2.38. The summed E-state index contributed by atoms with van der Waals surface area (Å²) in [7, 11) is 0. The Morgan fingerprint density at radius 1 is 1.44 bits per heavy atom. The van der Waals surface area contributed by atoms with E-state index in [9.17, 15) is 4.39 Å². The third kappa shape index (κ3) is 3.09. The average Bonchev–Trinajstić information content (AvgIpc) is 2.32. The molecule has 1 aliphatic heterocycles. The lowest BCUT2D eigenvalue weighted by Gasteiger charge is -2.23. The van der Waals surface area contributed by atoms with Crippen molar-refractivity contribution in [2.75, 3.05) is 13.2 Å². The number of hydrogen-bond acceptors (Lipinski definition) is 2. The quantitative estimate of drug-likeness (QED) is 0.881. The molecule has 0 spiro atoms. The molecule has 0 amide bonds. The zero-order valence-corrected chi connectivity index (χ0v) is 9.77. The smallest absolute Gasteiger partial charge is 0.140 e. The van der Waals surface area contributed by atoms with E-state index in [2.05, 4.69) is 5.32 Å². The Morgan fingerprint density at radius 3 is 3.06 bits per heavy atom. The van der Waals surface area contributed by atoms with E-state index < -0.39 is 0 Å². The fourth-order valence-corrected chi connectivity index (χ4v) is 2.02. The van der Waals surface area contributed by atoms with Crippen LogP contribution in [0.3, 0.4) is 0 Å². The van der Waals surface area contributed by atoms with Gasteiger partial charge in [0.05, 0.1) is 5.02 Å². The lowest BCUT2D eigenvalue weighted by atomic mass is 10.1. The van der Waals surface area contributed by atoms with Gasteiger partial charge in [-0.05, 0) is 31.5 Å². The molecular formula is C12H15ClFNO. The number of nitrogens with one attached hydrogen (secondary N) is 1. The average molecular weight is 244 g/mol. The number of benzene rings is 1. The van der Waals surface area contributed by atoms with E-state index in [1.807, 2.05) is 0 Å². The second kappa shape index (κ2) is 5.51. The molecule has 0 bridgehead atoms. The Morgan fingerprint density at radius 2 is 2.31 bits per heavy atom. The highest BCUT2D eigenvalue weighted by Crippen LogP contribution is 2.25. The van der Waals surface area contributed by atoms with Crippen molar-refractivity contribution in [1.82, 2.24) is 5.32 Å². The van der Waals surface area contributed by atoms with Crippen molar-refractivity contribution in [2.45, 2.75) is 25.3 Å². The molecule has 4 heteroatoms. The summed E-state index contributed by atoms with van der Waals surface area (Å²) in [5.74, 6) is 0.102. The van der Waals surface area contributed by atoms with Crippen molar-refractivity contribution in [3.8, 4) is 5.75 Å². The van der Waals surface area contributed by atoms with Gasteiger partial charge in [-0.3, -0.25) is 0 Å². The maximum absolute atomic E-state index is 13.0. The van der Waals surface area contributed by atoms with Gasteiger partial charge in [-0.15, -0.1) is 0 Å². The molecule has 16 heavy (non-hydrogen) atoms. The van der Waals surface area contributed by atoms with Crippen LogP contribution in [-0.2, 0) is 0 Å². The van der Waals surface area contributed by atoms with Gasteiger partial charge < -0.3 is 10.1 Å². The first-order chi connectivity index (χ1) is 7.75. The van der Waals surface area contributed by atoms with Crippen molar-refractivity contribution in [2.24, 2.45) is 0 Å². The van der Waals surface area contributed by atoms with E-state index in [4.69, 9.17) is 16.3 Å². The zero-order chi connectivity index (χ0) is 11.4. The molecule has 0 aromatic heterocycles. The van der Waals surface area contributed by atoms with E-state index in [1.54, 1.807) is 0 Å². The third-order valence-electron chi connectivity index (χ3n) is 2.75. The summed E-state index contributed by atoms with van der Waals surface area (Å²) in [4.78, 5) is 0. The van der Waals surface area contributed by atoms with Crippen LogP contribution < -0.4 is 10.1 Å². The fourth-order valence-electron chi connectivity index (χ4n) is 1.84. The standard InChI is InChI=1S/C12H15ClFNO/c13-11-5-4-9(14)7-12(11)16-8-10-3-1-2-6-15-10/h4-5,7,10,15H,1-3,6,8H2. The van der Waals surface area contributed by atoms with Gasteiger partial charge in [0.15, 0.2) is 0 Å². The molecule has 1 N–H and O–H groups in total. The molecule has 1 aliphatic rings. The topological polar surface area (TPSA) is 21.3 Å². The summed E-state index contributed by atoms with van der Waals surface area (Å²) >= 11 is 5.90. The van der Waals surface area contributed by atoms with Crippen LogP contribution in [0.25, 0.3) is 0 Å². The van der Waals surface area contributed by atoms with Gasteiger partial charge in [0.2, 0.25) is 0 Å². The van der Waals surface area contributed by atoms with Crippen molar-refractivity contribution in [3.63, 3.8) is 0 Å². The minimum absolute atomic E-state index is 0.323. The first-order valence-corrected chi connectivity index (χ1v) is 5.95. The predicted molar refractivity (Wildman–Crippen MR) is 62.5 cm³/mol. The highest BCUT2D eigenvalue weighted by molar-refractivity contribution is 6.32. The molecule has 1 heterocycles. The van der Waals surface area contributed by atoms with Crippen molar-refractivity contribution in [1.29, 1.82) is 0 Å². The molecule has 1 atom stereocenters. The molecule has 0 radical (unpaired) electrons. The summed E-state index contributed by atoms with van der Waals surface area (Å²) in [5, 5.41) is 3.82. The summed E-state index contributed by atoms with van der Waals surface area (Å²) < 4.78 is 18.5. The van der Waals surface area contributed by atoms with Crippen LogP contribution in [-0.4, -0.2) is 19.2 Å².